The summed E-state index contributed by atoms with van der Waals surface area (Å²) in [5, 5.41) is 11.2. The Balaban J connectivity index is 1.64. The second kappa shape index (κ2) is 14.7. The van der Waals surface area contributed by atoms with Crippen LogP contribution in [-0.2, 0) is 19.1 Å². The third-order valence-electron chi connectivity index (χ3n) is 10.2. The molecule has 3 aliphatic heterocycles. The first-order valence-corrected chi connectivity index (χ1v) is 17.9. The van der Waals surface area contributed by atoms with Gasteiger partial charge >= 0.3 is 0 Å². The number of para-hydroxylation sites is 1. The molecule has 9 nitrogen and oxygen atoms in total. The number of nitrogens with zero attached hydrogens (tertiary/aromatic N) is 3. The number of anilines is 2. The molecule has 48 heavy (non-hydrogen) atoms. The highest BCUT2D eigenvalue weighted by atomic mass is 79.9. The van der Waals surface area contributed by atoms with Crippen LogP contribution in [0.5, 0.6) is 5.75 Å². The lowest BCUT2D eigenvalue weighted by atomic mass is 9.70. The maximum absolute atomic E-state index is 15.1. The average Bonchev–Trinajstić information content (AvgIpc) is 3.66. The van der Waals surface area contributed by atoms with Gasteiger partial charge < -0.3 is 29.3 Å². The first-order chi connectivity index (χ1) is 23.0. The number of amides is 3. The highest BCUT2D eigenvalue weighted by molar-refractivity contribution is 9.09. The molecule has 258 valence electrons. The van der Waals surface area contributed by atoms with Crippen molar-refractivity contribution in [3.8, 4) is 5.75 Å². The molecule has 0 saturated carbocycles. The van der Waals surface area contributed by atoms with Gasteiger partial charge in [-0.3, -0.25) is 14.4 Å². The molecule has 1 N–H and O–H groups in total. The molecule has 1 spiro atoms. The Bertz CT molecular complexity index is 1530. The van der Waals surface area contributed by atoms with Gasteiger partial charge in [-0.15, -0.1) is 13.2 Å². The number of benzene rings is 2. The average molecular weight is 743 g/mol. The number of aliphatic hydroxyl groups is 1. The lowest BCUT2D eigenvalue weighted by Gasteiger charge is -2.41. The first-order valence-electron chi connectivity index (χ1n) is 16.6. The van der Waals surface area contributed by atoms with Gasteiger partial charge in [0.2, 0.25) is 11.8 Å². The standard InChI is InChI=1S/C37H45BrClN3O6/c1-7-18-40(24-14-16-25(17-15-24)47-10-4)34(44)29-30-35(45)42(28(21-43)22(5)9-3)33(37(30)20-26(38)32(29)48-37)36(46)41(19-8-2)31-23(6)12-11-13-27(31)39/h7-8,11-17,22,26,28-30,32-33,43H,1-2,9-10,18-21H2,3-6H3/t22-,26?,28-,29+,30-,32+,33?,37?/m0/s1. The normalized spacial score (nSPS) is 26.9. The van der Waals surface area contributed by atoms with Crippen LogP contribution in [0.3, 0.4) is 0 Å². The van der Waals surface area contributed by atoms with Crippen molar-refractivity contribution in [2.24, 2.45) is 17.8 Å². The molecule has 0 aliphatic carbocycles. The van der Waals surface area contributed by atoms with E-state index >= 15 is 4.79 Å². The van der Waals surface area contributed by atoms with Crippen LogP contribution in [0.25, 0.3) is 0 Å². The zero-order valence-electron chi connectivity index (χ0n) is 28.0. The van der Waals surface area contributed by atoms with E-state index in [0.29, 0.717) is 41.6 Å². The van der Waals surface area contributed by atoms with Crippen LogP contribution in [0.1, 0.15) is 39.2 Å². The minimum Gasteiger partial charge on any atom is -0.494 e. The predicted octanol–water partition coefficient (Wildman–Crippen LogP) is 5.94. The Hall–Kier alpha value is -3.18. The fourth-order valence-corrected chi connectivity index (χ4v) is 9.12. The lowest BCUT2D eigenvalue weighted by molar-refractivity contribution is -0.145. The van der Waals surface area contributed by atoms with Gasteiger partial charge in [-0.2, -0.15) is 0 Å². The number of aryl methyl sites for hydroxylation is 1. The molecule has 0 aromatic heterocycles. The molecular weight excluding hydrogens is 698 g/mol. The summed E-state index contributed by atoms with van der Waals surface area (Å²) in [5.41, 5.74) is 0.590. The molecule has 0 radical (unpaired) electrons. The van der Waals surface area contributed by atoms with Crippen LogP contribution in [0.4, 0.5) is 11.4 Å². The zero-order chi connectivity index (χ0) is 34.9. The topological polar surface area (TPSA) is 99.6 Å². The van der Waals surface area contributed by atoms with Gasteiger partial charge in [-0.1, -0.05) is 72.1 Å². The van der Waals surface area contributed by atoms with Crippen LogP contribution in [-0.4, -0.2) is 82.6 Å². The molecule has 2 aromatic rings. The van der Waals surface area contributed by atoms with Gasteiger partial charge in [-0.05, 0) is 62.1 Å². The number of carbonyl (C=O) groups excluding carboxylic acids is 3. The third kappa shape index (κ3) is 5.99. The van der Waals surface area contributed by atoms with E-state index in [4.69, 9.17) is 21.1 Å². The minimum atomic E-state index is -1.33. The summed E-state index contributed by atoms with van der Waals surface area (Å²) in [6.07, 6.45) is 3.59. The van der Waals surface area contributed by atoms with Crippen molar-refractivity contribution >= 4 is 56.6 Å². The molecule has 2 bridgehead atoms. The van der Waals surface area contributed by atoms with Crippen LogP contribution >= 0.6 is 27.5 Å². The second-order valence-corrected chi connectivity index (χ2v) is 14.4. The summed E-state index contributed by atoms with van der Waals surface area (Å²) in [5.74, 6) is -2.38. The molecule has 3 heterocycles. The van der Waals surface area contributed by atoms with Crippen LogP contribution < -0.4 is 14.5 Å². The van der Waals surface area contributed by atoms with Crippen molar-refractivity contribution in [3.05, 3.63) is 78.4 Å². The predicted molar refractivity (Wildman–Crippen MR) is 192 cm³/mol. The lowest BCUT2D eigenvalue weighted by Crippen LogP contribution is -2.60. The van der Waals surface area contributed by atoms with Crippen molar-refractivity contribution in [3.63, 3.8) is 0 Å². The fraction of sp³-hybridized carbons (Fsp3) is 0.486. The molecule has 2 aromatic carbocycles. The Kier molecular flexibility index (Phi) is 11.1. The molecule has 5 rings (SSSR count). The Morgan fingerprint density at radius 2 is 1.81 bits per heavy atom. The van der Waals surface area contributed by atoms with Crippen molar-refractivity contribution in [2.45, 2.75) is 69.2 Å². The molecule has 3 unspecified atom stereocenters. The molecule has 3 aliphatic rings. The fourth-order valence-electron chi connectivity index (χ4n) is 7.85. The maximum Gasteiger partial charge on any atom is 0.253 e. The van der Waals surface area contributed by atoms with E-state index in [2.05, 4.69) is 29.1 Å². The summed E-state index contributed by atoms with van der Waals surface area (Å²) >= 11 is 10.5. The number of halogens is 2. The minimum absolute atomic E-state index is 0.129. The third-order valence-corrected chi connectivity index (χ3v) is 11.3. The molecular formula is C37H45BrClN3O6. The van der Waals surface area contributed by atoms with Gasteiger partial charge in [0.05, 0.1) is 47.9 Å². The first kappa shape index (κ1) is 36.1. The number of likely N-dealkylation sites (tertiary alicyclic amines) is 1. The van der Waals surface area contributed by atoms with E-state index in [9.17, 15) is 14.7 Å². The van der Waals surface area contributed by atoms with Gasteiger partial charge in [0, 0.05) is 23.6 Å². The van der Waals surface area contributed by atoms with E-state index in [1.807, 2.05) is 39.8 Å². The van der Waals surface area contributed by atoms with Gasteiger partial charge in [0.1, 0.15) is 17.4 Å². The number of alkyl halides is 1. The molecule has 11 heteroatoms. The van der Waals surface area contributed by atoms with E-state index in [0.717, 1.165) is 5.56 Å². The number of fused-ring (bicyclic) bond motifs is 1. The summed E-state index contributed by atoms with van der Waals surface area (Å²) < 4.78 is 12.4. The van der Waals surface area contributed by atoms with Gasteiger partial charge in [-0.25, -0.2) is 0 Å². The zero-order valence-corrected chi connectivity index (χ0v) is 30.3. The van der Waals surface area contributed by atoms with E-state index < -0.39 is 41.5 Å². The van der Waals surface area contributed by atoms with E-state index in [1.54, 1.807) is 52.3 Å². The molecule has 8 atom stereocenters. The Morgan fingerprint density at radius 3 is 2.40 bits per heavy atom. The highest BCUT2D eigenvalue weighted by Crippen LogP contribution is 2.61. The van der Waals surface area contributed by atoms with Crippen molar-refractivity contribution in [1.82, 2.24) is 4.90 Å². The number of ether oxygens (including phenoxy) is 2. The van der Waals surface area contributed by atoms with Gasteiger partial charge in [0.25, 0.3) is 5.91 Å². The summed E-state index contributed by atoms with van der Waals surface area (Å²) in [6, 6.07) is 10.8. The smallest absolute Gasteiger partial charge is 0.253 e. The van der Waals surface area contributed by atoms with Gasteiger partial charge in [0.15, 0.2) is 0 Å². The van der Waals surface area contributed by atoms with Crippen LogP contribution in [0.2, 0.25) is 5.02 Å². The quantitative estimate of drug-likeness (QED) is 0.190. The monoisotopic (exact) mass is 741 g/mol. The number of hydrogen-bond acceptors (Lipinski definition) is 6. The van der Waals surface area contributed by atoms with Crippen molar-refractivity contribution < 1.29 is 29.0 Å². The number of aliphatic hydroxyl groups excluding tert-OH is 1. The summed E-state index contributed by atoms with van der Waals surface area (Å²) in [4.78, 5) is 49.1. The summed E-state index contributed by atoms with van der Waals surface area (Å²) in [6.45, 7) is 16.0. The number of hydrogen-bond donors (Lipinski definition) is 1. The summed E-state index contributed by atoms with van der Waals surface area (Å²) in [7, 11) is 0. The molecule has 3 fully saturated rings. The molecule has 3 amide bonds. The Labute approximate surface area is 296 Å². The largest absolute Gasteiger partial charge is 0.494 e. The van der Waals surface area contributed by atoms with E-state index in [1.165, 1.54) is 4.90 Å². The Morgan fingerprint density at radius 1 is 1.15 bits per heavy atom. The van der Waals surface area contributed by atoms with Crippen LogP contribution in [0.15, 0.2) is 67.8 Å². The van der Waals surface area contributed by atoms with Crippen molar-refractivity contribution in [2.75, 3.05) is 36.1 Å². The van der Waals surface area contributed by atoms with E-state index in [-0.39, 0.29) is 42.3 Å². The van der Waals surface area contributed by atoms with Crippen LogP contribution in [0, 0.1) is 24.7 Å². The number of carbonyl (C=O) groups is 3. The SMILES string of the molecule is C=CCN(C(=O)[C@H]1[C@@H]2OC3(CC2Br)C(C(=O)N(CC=C)c2c(C)cccc2Cl)N([C@@H](CO)[C@@H](C)CC)C(=O)[C@H]13)c1ccc(OCC)cc1. The second-order valence-electron chi connectivity index (χ2n) is 12.9. The van der Waals surface area contributed by atoms with Crippen molar-refractivity contribution in [1.29, 1.82) is 0 Å². The maximum atomic E-state index is 15.1. The highest BCUT2D eigenvalue weighted by Gasteiger charge is 2.77. The molecule has 3 saturated heterocycles. The number of rotatable bonds is 14.